The lowest BCUT2D eigenvalue weighted by molar-refractivity contribution is 0.0601. The highest BCUT2D eigenvalue weighted by molar-refractivity contribution is 6.11. The molecule has 0 unspecified atom stereocenters. The Morgan fingerprint density at radius 2 is 1.96 bits per heavy atom. The minimum atomic E-state index is -0.366. The van der Waals surface area contributed by atoms with Crippen LogP contribution in [-0.2, 0) is 4.74 Å². The van der Waals surface area contributed by atoms with Gasteiger partial charge in [-0.15, -0.1) is 0 Å². The van der Waals surface area contributed by atoms with Crippen LogP contribution in [0.3, 0.4) is 0 Å². The maximum absolute atomic E-state index is 12.1. The van der Waals surface area contributed by atoms with Crippen LogP contribution in [0.15, 0.2) is 36.7 Å². The van der Waals surface area contributed by atoms with Gasteiger partial charge in [0.05, 0.1) is 23.7 Å². The van der Waals surface area contributed by atoms with Gasteiger partial charge in [-0.3, -0.25) is 4.40 Å². The van der Waals surface area contributed by atoms with E-state index in [1.807, 2.05) is 41.1 Å². The van der Waals surface area contributed by atoms with E-state index in [2.05, 4.69) is 4.98 Å². The zero-order chi connectivity index (χ0) is 18.5. The normalized spacial score (nSPS) is 15.7. The summed E-state index contributed by atoms with van der Waals surface area (Å²) in [5, 5.41) is 13.9. The minimum absolute atomic E-state index is 0.225. The number of ether oxygens (including phenoxy) is 1. The number of carbonyl (C=O) groups is 1. The Balaban J connectivity index is 1.92. The van der Waals surface area contributed by atoms with Crippen molar-refractivity contribution >= 4 is 33.2 Å². The van der Waals surface area contributed by atoms with E-state index >= 15 is 0 Å². The second-order valence-corrected chi connectivity index (χ2v) is 7.45. The molecule has 0 saturated heterocycles. The summed E-state index contributed by atoms with van der Waals surface area (Å²) in [7, 11) is 1.39. The van der Waals surface area contributed by atoms with Gasteiger partial charge in [-0.25, -0.2) is 4.79 Å². The zero-order valence-electron chi connectivity index (χ0n) is 15.3. The van der Waals surface area contributed by atoms with Crippen LogP contribution in [0.1, 0.15) is 53.9 Å². The van der Waals surface area contributed by atoms with E-state index < -0.39 is 0 Å². The van der Waals surface area contributed by atoms with Crippen molar-refractivity contribution < 1.29 is 14.6 Å². The molecule has 138 valence electrons. The molecule has 3 heterocycles. The maximum Gasteiger partial charge on any atom is 0.337 e. The highest BCUT2D eigenvalue weighted by atomic mass is 16.5. The third-order valence-electron chi connectivity index (χ3n) is 6.01. The lowest BCUT2D eigenvalue weighted by Crippen LogP contribution is -2.04. The van der Waals surface area contributed by atoms with Gasteiger partial charge >= 0.3 is 5.97 Å². The number of rotatable bonds is 2. The molecule has 0 radical (unpaired) electrons. The number of aromatic amines is 1. The monoisotopic (exact) mass is 362 g/mol. The molecule has 1 aliphatic carbocycles. The van der Waals surface area contributed by atoms with Crippen LogP contribution in [0.5, 0.6) is 5.88 Å². The number of H-pyrrole nitrogens is 1. The van der Waals surface area contributed by atoms with Crippen LogP contribution in [0.25, 0.3) is 27.2 Å². The summed E-state index contributed by atoms with van der Waals surface area (Å²) < 4.78 is 6.80. The van der Waals surface area contributed by atoms with Crippen molar-refractivity contribution in [2.45, 2.75) is 38.0 Å². The molecule has 0 aliphatic heterocycles. The Bertz CT molecular complexity index is 1180. The molecule has 3 aromatic heterocycles. The van der Waals surface area contributed by atoms with Crippen molar-refractivity contribution in [2.24, 2.45) is 0 Å². The van der Waals surface area contributed by atoms with Crippen molar-refractivity contribution in [3.8, 4) is 5.88 Å². The highest BCUT2D eigenvalue weighted by Gasteiger charge is 2.27. The van der Waals surface area contributed by atoms with Crippen molar-refractivity contribution in [3.63, 3.8) is 0 Å². The van der Waals surface area contributed by atoms with E-state index in [0.29, 0.717) is 11.5 Å². The number of methoxy groups -OCH3 is 1. The first-order valence-electron chi connectivity index (χ1n) is 9.54. The summed E-state index contributed by atoms with van der Waals surface area (Å²) in [5.41, 5.74) is 3.72. The molecule has 0 atom stereocenters. The van der Waals surface area contributed by atoms with E-state index in [0.717, 1.165) is 40.0 Å². The summed E-state index contributed by atoms with van der Waals surface area (Å²) in [6.07, 6.45) is 9.87. The number of esters is 1. The summed E-state index contributed by atoms with van der Waals surface area (Å²) in [5.74, 6) is 0.332. The van der Waals surface area contributed by atoms with Crippen LogP contribution < -0.4 is 0 Å². The molecule has 0 amide bonds. The number of nitrogens with zero attached hydrogens (tertiary/aromatic N) is 1. The number of benzene rings is 1. The minimum Gasteiger partial charge on any atom is -0.494 e. The Kier molecular flexibility index (Phi) is 3.64. The predicted octanol–water partition coefficient (Wildman–Crippen LogP) is 5.11. The summed E-state index contributed by atoms with van der Waals surface area (Å²) >= 11 is 0. The molecule has 1 fully saturated rings. The van der Waals surface area contributed by atoms with Gasteiger partial charge < -0.3 is 14.8 Å². The third-order valence-corrected chi connectivity index (χ3v) is 6.01. The fraction of sp³-hybridized carbons (Fsp3) is 0.318. The van der Waals surface area contributed by atoms with Gasteiger partial charge in [-0.1, -0.05) is 25.3 Å². The SMILES string of the molecule is COC(=O)c1ccc2c(C3CCCCC3)c3c4c[nH]ccc4c(O)n3c2c1. The number of nitrogens with one attached hydrogen (secondary N) is 1. The van der Waals surface area contributed by atoms with E-state index in [-0.39, 0.29) is 11.8 Å². The zero-order valence-corrected chi connectivity index (χ0v) is 15.3. The molecule has 1 saturated carbocycles. The Morgan fingerprint density at radius 3 is 2.74 bits per heavy atom. The molecule has 0 spiro atoms. The Morgan fingerprint density at radius 1 is 1.15 bits per heavy atom. The lowest BCUT2D eigenvalue weighted by atomic mass is 9.83. The van der Waals surface area contributed by atoms with Crippen molar-refractivity contribution in [1.29, 1.82) is 0 Å². The smallest absolute Gasteiger partial charge is 0.337 e. The fourth-order valence-corrected chi connectivity index (χ4v) is 4.79. The molecule has 2 N–H and O–H groups in total. The summed E-state index contributed by atoms with van der Waals surface area (Å²) in [6.45, 7) is 0. The first-order chi connectivity index (χ1) is 13.2. The quantitative estimate of drug-likeness (QED) is 0.487. The largest absolute Gasteiger partial charge is 0.494 e. The number of carbonyl (C=O) groups excluding carboxylic acids is 1. The molecule has 1 aromatic carbocycles. The molecule has 5 heteroatoms. The van der Waals surface area contributed by atoms with Crippen LogP contribution in [0.2, 0.25) is 0 Å². The van der Waals surface area contributed by atoms with Gasteiger partial charge in [0.1, 0.15) is 0 Å². The van der Waals surface area contributed by atoms with Crippen molar-refractivity contribution in [3.05, 3.63) is 47.8 Å². The number of aromatic hydroxyl groups is 1. The molecular formula is C22H22N2O3. The van der Waals surface area contributed by atoms with Crippen LogP contribution in [0.4, 0.5) is 0 Å². The Labute approximate surface area is 156 Å². The first-order valence-corrected chi connectivity index (χ1v) is 9.54. The van der Waals surface area contributed by atoms with E-state index in [1.165, 1.54) is 31.9 Å². The van der Waals surface area contributed by atoms with Crippen LogP contribution in [0, 0.1) is 0 Å². The van der Waals surface area contributed by atoms with Crippen molar-refractivity contribution in [1.82, 2.24) is 9.38 Å². The van der Waals surface area contributed by atoms with Gasteiger partial charge in [-0.05, 0) is 42.5 Å². The lowest BCUT2D eigenvalue weighted by Gasteiger charge is -2.21. The van der Waals surface area contributed by atoms with Gasteiger partial charge in [0.25, 0.3) is 0 Å². The maximum atomic E-state index is 12.1. The van der Waals surface area contributed by atoms with Gasteiger partial charge in [-0.2, -0.15) is 0 Å². The van der Waals surface area contributed by atoms with Gasteiger partial charge in [0, 0.05) is 28.6 Å². The van der Waals surface area contributed by atoms with E-state index in [4.69, 9.17) is 4.74 Å². The van der Waals surface area contributed by atoms with Gasteiger partial charge in [0.15, 0.2) is 0 Å². The average molecular weight is 362 g/mol. The summed E-state index contributed by atoms with van der Waals surface area (Å²) in [6, 6.07) is 7.57. The predicted molar refractivity (Wildman–Crippen MR) is 106 cm³/mol. The molecule has 5 rings (SSSR count). The Hall–Kier alpha value is -2.95. The fourth-order valence-electron chi connectivity index (χ4n) is 4.79. The number of fused-ring (bicyclic) bond motifs is 5. The molecule has 5 nitrogen and oxygen atoms in total. The van der Waals surface area contributed by atoms with E-state index in [1.54, 1.807) is 0 Å². The summed E-state index contributed by atoms with van der Waals surface area (Å²) in [4.78, 5) is 15.2. The van der Waals surface area contributed by atoms with Crippen LogP contribution in [-0.4, -0.2) is 27.6 Å². The molecule has 1 aliphatic rings. The first kappa shape index (κ1) is 16.2. The average Bonchev–Trinajstić information content (AvgIpc) is 3.21. The van der Waals surface area contributed by atoms with E-state index in [9.17, 15) is 9.90 Å². The van der Waals surface area contributed by atoms with Gasteiger partial charge in [0.2, 0.25) is 5.88 Å². The second-order valence-electron chi connectivity index (χ2n) is 7.45. The third kappa shape index (κ3) is 2.27. The standard InChI is InChI=1S/C22H22N2O3/c1-27-22(26)14-7-8-16-18(11-14)24-20(19(16)13-5-3-2-4-6-13)17-12-23-10-9-15(17)21(24)25/h7-13,23,25H,2-6H2,1H3. The molecule has 27 heavy (non-hydrogen) atoms. The molecular weight excluding hydrogens is 340 g/mol. The van der Waals surface area contributed by atoms with Crippen LogP contribution >= 0.6 is 0 Å². The molecule has 0 bridgehead atoms. The molecule has 4 aromatic rings. The van der Waals surface area contributed by atoms with Crippen molar-refractivity contribution in [2.75, 3.05) is 7.11 Å². The highest BCUT2D eigenvalue weighted by Crippen LogP contribution is 2.46. The topological polar surface area (TPSA) is 66.7 Å². The number of hydrogen-bond acceptors (Lipinski definition) is 3. The number of pyridine rings is 1. The second kappa shape index (κ2) is 6.05. The number of aromatic nitrogens is 2. The number of hydrogen-bond donors (Lipinski definition) is 2.